The Morgan fingerprint density at radius 3 is 2.73 bits per heavy atom. The van der Waals surface area contributed by atoms with E-state index >= 15 is 0 Å². The molecule has 0 saturated carbocycles. The van der Waals surface area contributed by atoms with Crippen molar-refractivity contribution in [2.24, 2.45) is 0 Å². The van der Waals surface area contributed by atoms with Crippen LogP contribution in [0.2, 0.25) is 0 Å². The molecule has 0 amide bonds. The monoisotopic (exact) mass is 354 g/mol. The molecule has 22 heavy (non-hydrogen) atoms. The molecule has 1 N–H and O–H groups in total. The maximum Gasteiger partial charge on any atom is 0.250 e. The predicted octanol–water partition coefficient (Wildman–Crippen LogP) is 3.56. The Balaban J connectivity index is 1.83. The lowest BCUT2D eigenvalue weighted by molar-refractivity contribution is 0.393. The number of nitrogens with one attached hydrogen (secondary N) is 1. The van der Waals surface area contributed by atoms with E-state index in [-0.39, 0.29) is 0 Å². The summed E-state index contributed by atoms with van der Waals surface area (Å²) < 4.78 is 32.7. The molecule has 0 bridgehead atoms. The van der Waals surface area contributed by atoms with Crippen molar-refractivity contribution in [1.29, 1.82) is 0 Å². The van der Waals surface area contributed by atoms with Gasteiger partial charge in [0.1, 0.15) is 9.97 Å². The molecular weight excluding hydrogens is 340 g/mol. The molecule has 0 saturated heterocycles. The number of nitrogens with zero attached hydrogens (tertiary/aromatic N) is 1. The van der Waals surface area contributed by atoms with E-state index in [4.69, 9.17) is 4.52 Å². The van der Waals surface area contributed by atoms with Crippen molar-refractivity contribution in [1.82, 2.24) is 9.88 Å². The molecule has 0 aliphatic heterocycles. The first-order valence-electron chi connectivity index (χ1n) is 6.52. The van der Waals surface area contributed by atoms with Gasteiger partial charge in [0.25, 0.3) is 0 Å². The van der Waals surface area contributed by atoms with E-state index < -0.39 is 10.0 Å². The second-order valence-corrected chi connectivity index (χ2v) is 8.83. The lowest BCUT2D eigenvalue weighted by atomic mass is 10.2. The highest BCUT2D eigenvalue weighted by Crippen LogP contribution is 2.34. The summed E-state index contributed by atoms with van der Waals surface area (Å²) >= 11 is 2.74. The zero-order valence-corrected chi connectivity index (χ0v) is 14.4. The summed E-state index contributed by atoms with van der Waals surface area (Å²) in [5.74, 6) is 0.690. The maximum atomic E-state index is 12.3. The van der Waals surface area contributed by atoms with Gasteiger partial charge in [0.15, 0.2) is 0 Å². The van der Waals surface area contributed by atoms with Crippen LogP contribution in [0.3, 0.4) is 0 Å². The first kappa shape index (κ1) is 15.4. The van der Waals surface area contributed by atoms with Gasteiger partial charge in [-0.1, -0.05) is 11.2 Å². The van der Waals surface area contributed by atoms with Crippen LogP contribution in [0, 0.1) is 13.8 Å². The van der Waals surface area contributed by atoms with Crippen molar-refractivity contribution < 1.29 is 12.9 Å². The van der Waals surface area contributed by atoms with Gasteiger partial charge in [-0.05, 0) is 37.4 Å². The van der Waals surface area contributed by atoms with Crippen LogP contribution in [-0.2, 0) is 16.6 Å². The summed E-state index contributed by atoms with van der Waals surface area (Å²) in [7, 11) is -3.51. The molecule has 0 fully saturated rings. The number of rotatable bonds is 5. The summed E-state index contributed by atoms with van der Waals surface area (Å²) in [6.45, 7) is 3.96. The van der Waals surface area contributed by atoms with Crippen LogP contribution < -0.4 is 4.72 Å². The lowest BCUT2D eigenvalue weighted by Crippen LogP contribution is -2.21. The molecule has 0 radical (unpaired) electrons. The predicted molar refractivity (Wildman–Crippen MR) is 87.6 cm³/mol. The van der Waals surface area contributed by atoms with Crippen LogP contribution in [0.1, 0.15) is 16.3 Å². The summed E-state index contributed by atoms with van der Waals surface area (Å²) in [5, 5.41) is 5.82. The molecule has 0 unspecified atom stereocenters. The molecule has 0 aliphatic carbocycles. The van der Waals surface area contributed by atoms with Crippen molar-refractivity contribution in [3.05, 3.63) is 46.0 Å². The molecule has 0 aliphatic rings. The van der Waals surface area contributed by atoms with Crippen molar-refractivity contribution in [3.63, 3.8) is 0 Å². The smallest absolute Gasteiger partial charge is 0.250 e. The minimum atomic E-state index is -3.51. The largest absolute Gasteiger partial charge is 0.361 e. The van der Waals surface area contributed by atoms with Gasteiger partial charge in [0.2, 0.25) is 10.0 Å². The Kier molecular flexibility index (Phi) is 4.18. The fourth-order valence-corrected chi connectivity index (χ4v) is 5.32. The van der Waals surface area contributed by atoms with Gasteiger partial charge in [-0.2, -0.15) is 0 Å². The molecule has 0 aromatic carbocycles. The number of sulfonamides is 1. The van der Waals surface area contributed by atoms with Crippen molar-refractivity contribution in [2.75, 3.05) is 0 Å². The molecule has 116 valence electrons. The van der Waals surface area contributed by atoms with E-state index in [9.17, 15) is 8.42 Å². The molecule has 3 aromatic rings. The number of hydrogen-bond acceptors (Lipinski definition) is 6. The van der Waals surface area contributed by atoms with Crippen LogP contribution in [-0.4, -0.2) is 13.6 Å². The van der Waals surface area contributed by atoms with E-state index in [2.05, 4.69) is 9.88 Å². The Morgan fingerprint density at radius 2 is 2.09 bits per heavy atom. The van der Waals surface area contributed by atoms with Crippen LogP contribution in [0.5, 0.6) is 0 Å². The highest BCUT2D eigenvalue weighted by Gasteiger charge is 2.20. The van der Waals surface area contributed by atoms with Crippen molar-refractivity contribution >= 4 is 32.7 Å². The SMILES string of the molecule is Cc1noc(C)c1-c1ccc(S(=O)(=O)NCc2cccs2)s1. The molecule has 0 spiro atoms. The van der Waals surface area contributed by atoms with Gasteiger partial charge < -0.3 is 4.52 Å². The molecule has 3 rings (SSSR count). The van der Waals surface area contributed by atoms with E-state index in [1.54, 1.807) is 12.1 Å². The molecule has 3 heterocycles. The van der Waals surface area contributed by atoms with Gasteiger partial charge in [-0.15, -0.1) is 22.7 Å². The Morgan fingerprint density at radius 1 is 1.27 bits per heavy atom. The third-order valence-electron chi connectivity index (χ3n) is 3.14. The normalized spacial score (nSPS) is 11.9. The zero-order valence-electron chi connectivity index (χ0n) is 12.0. The van der Waals surface area contributed by atoms with Crippen LogP contribution >= 0.6 is 22.7 Å². The van der Waals surface area contributed by atoms with E-state index in [1.165, 1.54) is 22.7 Å². The second kappa shape index (κ2) is 5.96. The molecule has 5 nitrogen and oxygen atoms in total. The standard InChI is InChI=1S/C14H14N2O3S3/c1-9-14(10(2)19-16-9)12-5-6-13(21-12)22(17,18)15-8-11-4-3-7-20-11/h3-7,15H,8H2,1-2H3. The highest BCUT2D eigenvalue weighted by atomic mass is 32.2. The topological polar surface area (TPSA) is 72.2 Å². The Labute approximate surface area is 136 Å². The Hall–Kier alpha value is -1.48. The van der Waals surface area contributed by atoms with Crippen LogP contribution in [0.25, 0.3) is 10.4 Å². The summed E-state index contributed by atoms with van der Waals surface area (Å²) in [6.07, 6.45) is 0. The number of thiophene rings is 2. The van der Waals surface area contributed by atoms with Gasteiger partial charge in [-0.3, -0.25) is 0 Å². The van der Waals surface area contributed by atoms with E-state index in [0.717, 1.165) is 21.0 Å². The van der Waals surface area contributed by atoms with Gasteiger partial charge in [0, 0.05) is 16.3 Å². The van der Waals surface area contributed by atoms with Gasteiger partial charge in [-0.25, -0.2) is 13.1 Å². The maximum absolute atomic E-state index is 12.3. The summed E-state index contributed by atoms with van der Waals surface area (Å²) in [6, 6.07) is 7.20. The second-order valence-electron chi connectivity index (χ2n) is 4.72. The minimum Gasteiger partial charge on any atom is -0.361 e. The quantitative estimate of drug-likeness (QED) is 0.760. The summed E-state index contributed by atoms with van der Waals surface area (Å²) in [5.41, 5.74) is 1.62. The lowest BCUT2D eigenvalue weighted by Gasteiger charge is -2.02. The average molecular weight is 354 g/mol. The third kappa shape index (κ3) is 3.00. The third-order valence-corrected chi connectivity index (χ3v) is 7.01. The molecule has 8 heteroatoms. The number of aryl methyl sites for hydroxylation is 2. The first-order chi connectivity index (χ1) is 10.5. The Bertz CT molecular complexity index is 857. The molecule has 0 atom stereocenters. The minimum absolute atomic E-state index is 0.291. The first-order valence-corrected chi connectivity index (χ1v) is 9.70. The average Bonchev–Trinajstić information content (AvgIpc) is 3.18. The fourth-order valence-electron chi connectivity index (χ4n) is 2.08. The zero-order chi connectivity index (χ0) is 15.7. The van der Waals surface area contributed by atoms with Crippen LogP contribution in [0.4, 0.5) is 0 Å². The van der Waals surface area contributed by atoms with Crippen LogP contribution in [0.15, 0.2) is 38.4 Å². The van der Waals surface area contributed by atoms with Crippen molar-refractivity contribution in [2.45, 2.75) is 24.6 Å². The molecular formula is C14H14N2O3S3. The van der Waals surface area contributed by atoms with Gasteiger partial charge >= 0.3 is 0 Å². The number of aromatic nitrogens is 1. The van der Waals surface area contributed by atoms with Gasteiger partial charge in [0.05, 0.1) is 11.3 Å². The fraction of sp³-hybridized carbons (Fsp3) is 0.214. The van der Waals surface area contributed by atoms with E-state index in [1.807, 2.05) is 31.4 Å². The van der Waals surface area contributed by atoms with E-state index in [0.29, 0.717) is 16.5 Å². The number of hydrogen-bond donors (Lipinski definition) is 1. The highest BCUT2D eigenvalue weighted by molar-refractivity contribution is 7.91. The van der Waals surface area contributed by atoms with Crippen molar-refractivity contribution in [3.8, 4) is 10.4 Å². The molecule has 3 aromatic heterocycles. The summed E-state index contributed by atoms with van der Waals surface area (Å²) in [4.78, 5) is 1.82.